The van der Waals surface area contributed by atoms with Crippen LogP contribution in [0.2, 0.25) is 18.7 Å². The van der Waals surface area contributed by atoms with E-state index in [-0.39, 0.29) is 5.91 Å². The van der Waals surface area contributed by atoms with Gasteiger partial charge in [0.05, 0.1) is 20.6 Å². The zero-order valence-corrected chi connectivity index (χ0v) is 12.5. The zero-order valence-electron chi connectivity index (χ0n) is 8.64. The molecule has 0 bridgehead atoms. The predicted octanol–water partition coefficient (Wildman–Crippen LogP) is 5.61. The molecular formula is C11H5Cl4NOS. The van der Waals surface area contributed by atoms with E-state index < -0.39 is 0 Å². The average molecular weight is 341 g/mol. The highest BCUT2D eigenvalue weighted by Crippen LogP contribution is 2.32. The largest absolute Gasteiger partial charge is 0.321 e. The minimum absolute atomic E-state index is 0.308. The fourth-order valence-corrected chi connectivity index (χ4v) is 3.07. The van der Waals surface area contributed by atoms with Gasteiger partial charge in [0.2, 0.25) is 0 Å². The van der Waals surface area contributed by atoms with Crippen molar-refractivity contribution in [3.05, 3.63) is 48.5 Å². The van der Waals surface area contributed by atoms with Crippen LogP contribution >= 0.6 is 57.7 Å². The molecule has 2 aromatic rings. The van der Waals surface area contributed by atoms with E-state index in [4.69, 9.17) is 46.4 Å². The van der Waals surface area contributed by atoms with Gasteiger partial charge < -0.3 is 5.32 Å². The van der Waals surface area contributed by atoms with Crippen LogP contribution in [0, 0.1) is 0 Å². The van der Waals surface area contributed by atoms with Crippen LogP contribution in [0.3, 0.4) is 0 Å². The first kappa shape index (κ1) is 14.0. The van der Waals surface area contributed by atoms with Crippen LogP contribution in [0.15, 0.2) is 24.3 Å². The molecule has 0 spiro atoms. The van der Waals surface area contributed by atoms with E-state index in [0.29, 0.717) is 30.0 Å². The third-order valence-corrected chi connectivity index (χ3v) is 4.13. The summed E-state index contributed by atoms with van der Waals surface area (Å²) < 4.78 is 0.776. The number of hydrogen-bond donors (Lipinski definition) is 1. The van der Waals surface area contributed by atoms with Crippen molar-refractivity contribution < 1.29 is 4.79 Å². The van der Waals surface area contributed by atoms with Crippen molar-refractivity contribution in [2.24, 2.45) is 0 Å². The summed E-state index contributed by atoms with van der Waals surface area (Å²) >= 11 is 24.6. The lowest BCUT2D eigenvalue weighted by Crippen LogP contribution is -2.11. The topological polar surface area (TPSA) is 29.1 Å². The highest BCUT2D eigenvalue weighted by atomic mass is 35.5. The van der Waals surface area contributed by atoms with Crippen molar-refractivity contribution in [1.29, 1.82) is 0 Å². The van der Waals surface area contributed by atoms with Gasteiger partial charge in [-0.3, -0.25) is 4.79 Å². The van der Waals surface area contributed by atoms with Crippen molar-refractivity contribution >= 4 is 69.3 Å². The summed E-state index contributed by atoms with van der Waals surface area (Å²) in [5.41, 5.74) is 0.732. The first-order valence-corrected chi connectivity index (χ1v) is 7.01. The van der Waals surface area contributed by atoms with Gasteiger partial charge in [0, 0.05) is 5.02 Å². The van der Waals surface area contributed by atoms with E-state index in [1.807, 2.05) is 0 Å². The molecule has 94 valence electrons. The molecule has 2 rings (SSSR count). The summed E-state index contributed by atoms with van der Waals surface area (Å²) in [6.45, 7) is 0. The Morgan fingerprint density at radius 1 is 1.11 bits per heavy atom. The van der Waals surface area contributed by atoms with Crippen LogP contribution in [0.25, 0.3) is 0 Å². The number of carbonyl (C=O) groups excluding carboxylic acids is 1. The number of anilines is 1. The van der Waals surface area contributed by atoms with Gasteiger partial charge in [-0.1, -0.05) is 46.4 Å². The lowest BCUT2D eigenvalue weighted by molar-refractivity contribution is 0.102. The quantitative estimate of drug-likeness (QED) is 0.755. The first-order valence-electron chi connectivity index (χ1n) is 4.68. The molecule has 1 amide bonds. The molecule has 0 atom stereocenters. The summed E-state index contributed by atoms with van der Waals surface area (Å²) in [4.78, 5) is 12.0. The number of carbonyl (C=O) groups is 1. The minimum Gasteiger partial charge on any atom is -0.321 e. The zero-order chi connectivity index (χ0) is 13.3. The Labute approximate surface area is 127 Å². The van der Waals surface area contributed by atoms with E-state index in [1.54, 1.807) is 18.2 Å². The molecule has 2 nitrogen and oxygen atoms in total. The Hall–Kier alpha value is -0.450. The lowest BCUT2D eigenvalue weighted by Gasteiger charge is -2.06. The van der Waals surface area contributed by atoms with Crippen molar-refractivity contribution in [1.82, 2.24) is 0 Å². The number of thiophene rings is 1. The Morgan fingerprint density at radius 2 is 1.83 bits per heavy atom. The summed E-state index contributed by atoms with van der Waals surface area (Å²) in [5, 5.41) is 3.50. The van der Waals surface area contributed by atoms with Crippen molar-refractivity contribution in [3.8, 4) is 0 Å². The van der Waals surface area contributed by atoms with E-state index >= 15 is 0 Å². The van der Waals surface area contributed by atoms with Crippen LogP contribution in [0.5, 0.6) is 0 Å². The summed E-state index contributed by atoms with van der Waals surface area (Å²) in [6, 6.07) is 6.29. The highest BCUT2D eigenvalue weighted by Gasteiger charge is 2.15. The second-order valence-corrected chi connectivity index (χ2v) is 6.45. The molecule has 1 aromatic heterocycles. The number of halogens is 4. The maximum atomic E-state index is 12.0. The number of amides is 1. The third kappa shape index (κ3) is 3.11. The van der Waals surface area contributed by atoms with E-state index in [0.717, 1.165) is 11.3 Å². The second kappa shape index (κ2) is 5.68. The Kier molecular flexibility index (Phi) is 4.41. The number of nitrogens with one attached hydrogen (secondary N) is 1. The van der Waals surface area contributed by atoms with Gasteiger partial charge in [-0.15, -0.1) is 11.3 Å². The van der Waals surface area contributed by atoms with Gasteiger partial charge in [0.1, 0.15) is 4.34 Å². The molecule has 0 saturated carbocycles. The van der Waals surface area contributed by atoms with Crippen LogP contribution in [0.1, 0.15) is 10.4 Å². The first-order chi connectivity index (χ1) is 8.47. The van der Waals surface area contributed by atoms with Gasteiger partial charge in [0.15, 0.2) is 0 Å². The van der Waals surface area contributed by atoms with Crippen molar-refractivity contribution in [3.63, 3.8) is 0 Å². The van der Waals surface area contributed by atoms with Crippen LogP contribution in [-0.2, 0) is 0 Å². The Balaban J connectivity index is 2.26. The summed E-state index contributed by atoms with van der Waals surface area (Å²) in [6.07, 6.45) is 0. The molecule has 18 heavy (non-hydrogen) atoms. The summed E-state index contributed by atoms with van der Waals surface area (Å²) in [5.74, 6) is -0.382. The van der Waals surface area contributed by atoms with Crippen LogP contribution in [-0.4, -0.2) is 5.91 Å². The summed E-state index contributed by atoms with van der Waals surface area (Å²) in [7, 11) is 0. The molecule has 1 heterocycles. The molecule has 0 aliphatic heterocycles. The lowest BCUT2D eigenvalue weighted by atomic mass is 10.2. The van der Waals surface area contributed by atoms with E-state index in [9.17, 15) is 4.79 Å². The van der Waals surface area contributed by atoms with E-state index in [1.165, 1.54) is 6.07 Å². The van der Waals surface area contributed by atoms with Crippen molar-refractivity contribution in [2.75, 3.05) is 5.32 Å². The molecule has 1 aromatic carbocycles. The monoisotopic (exact) mass is 339 g/mol. The molecule has 1 N–H and O–H groups in total. The molecule has 0 aliphatic rings. The molecule has 0 aliphatic carbocycles. The van der Waals surface area contributed by atoms with Crippen molar-refractivity contribution in [2.45, 2.75) is 0 Å². The second-order valence-electron chi connectivity index (χ2n) is 3.32. The maximum Gasteiger partial charge on any atom is 0.258 e. The van der Waals surface area contributed by atoms with Gasteiger partial charge in [-0.05, 0) is 24.3 Å². The Morgan fingerprint density at radius 3 is 2.44 bits per heavy atom. The fourth-order valence-electron chi connectivity index (χ4n) is 1.28. The normalized spacial score (nSPS) is 10.4. The molecule has 0 radical (unpaired) electrons. The van der Waals surface area contributed by atoms with E-state index in [2.05, 4.69) is 5.32 Å². The Bertz CT molecular complexity index is 611. The number of benzene rings is 1. The van der Waals surface area contributed by atoms with Crippen LogP contribution in [0.4, 0.5) is 5.69 Å². The number of hydrogen-bond acceptors (Lipinski definition) is 2. The molecular weight excluding hydrogens is 336 g/mol. The minimum atomic E-state index is -0.382. The van der Waals surface area contributed by atoms with Gasteiger partial charge in [-0.2, -0.15) is 0 Å². The smallest absolute Gasteiger partial charge is 0.258 e. The predicted molar refractivity (Wildman–Crippen MR) is 78.8 cm³/mol. The molecule has 7 heteroatoms. The third-order valence-electron chi connectivity index (χ3n) is 2.08. The fraction of sp³-hybridized carbons (Fsp3) is 0. The SMILES string of the molecule is O=C(Nc1cc(Cl)ccc1Cl)c1cc(Cl)sc1Cl. The van der Waals surface area contributed by atoms with Gasteiger partial charge in [0.25, 0.3) is 5.91 Å². The maximum absolute atomic E-state index is 12.0. The van der Waals surface area contributed by atoms with Crippen LogP contribution < -0.4 is 5.32 Å². The average Bonchev–Trinajstić information content (AvgIpc) is 2.63. The van der Waals surface area contributed by atoms with Gasteiger partial charge in [-0.25, -0.2) is 0 Å². The molecule has 0 unspecified atom stereocenters. The highest BCUT2D eigenvalue weighted by molar-refractivity contribution is 7.20. The number of rotatable bonds is 2. The molecule has 0 saturated heterocycles. The molecule has 0 fully saturated rings. The van der Waals surface area contributed by atoms with Gasteiger partial charge >= 0.3 is 0 Å². The standard InChI is InChI=1S/C11H5Cl4NOS/c12-5-1-2-7(13)8(3-5)16-11(17)6-4-9(14)18-10(6)15/h1-4H,(H,16,17).